The smallest absolute Gasteiger partial charge is 0.243 e. The quantitative estimate of drug-likeness (QED) is 0.566. The van der Waals surface area contributed by atoms with E-state index in [1.54, 1.807) is 7.11 Å². The van der Waals surface area contributed by atoms with E-state index in [0.717, 1.165) is 48.0 Å². The Kier molecular flexibility index (Phi) is 6.53. The fourth-order valence-corrected chi connectivity index (χ4v) is 4.55. The molecule has 0 amide bonds. The van der Waals surface area contributed by atoms with E-state index in [-0.39, 0.29) is 6.04 Å². The summed E-state index contributed by atoms with van der Waals surface area (Å²) in [5.41, 5.74) is 5.61. The molecule has 1 saturated carbocycles. The fourth-order valence-electron chi connectivity index (χ4n) is 4.55. The average Bonchev–Trinajstić information content (AvgIpc) is 3.17. The Morgan fingerprint density at radius 3 is 2.61 bits per heavy atom. The summed E-state index contributed by atoms with van der Waals surface area (Å²) in [7, 11) is 5.56. The number of methoxy groups -OCH3 is 2. The van der Waals surface area contributed by atoms with E-state index in [4.69, 9.17) is 19.6 Å². The van der Waals surface area contributed by atoms with E-state index in [0.29, 0.717) is 24.6 Å². The van der Waals surface area contributed by atoms with E-state index >= 15 is 0 Å². The van der Waals surface area contributed by atoms with Crippen LogP contribution in [0.15, 0.2) is 30.6 Å². The van der Waals surface area contributed by atoms with Crippen LogP contribution in [-0.2, 0) is 9.47 Å². The number of pyridine rings is 1. The second-order valence-electron chi connectivity index (χ2n) is 8.65. The minimum absolute atomic E-state index is 0.181. The second-order valence-corrected chi connectivity index (χ2v) is 8.65. The summed E-state index contributed by atoms with van der Waals surface area (Å²) in [5, 5.41) is 4.99. The molecule has 7 heteroatoms. The van der Waals surface area contributed by atoms with Gasteiger partial charge < -0.3 is 14.4 Å². The van der Waals surface area contributed by atoms with Gasteiger partial charge in [-0.3, -0.25) is 4.98 Å². The van der Waals surface area contributed by atoms with Crippen molar-refractivity contribution in [1.82, 2.24) is 19.6 Å². The zero-order chi connectivity index (χ0) is 22.0. The number of likely N-dealkylation sites (N-methyl/N-ethyl adjacent to an activating group) is 1. The Balaban J connectivity index is 1.79. The van der Waals surface area contributed by atoms with Gasteiger partial charge in [0.15, 0.2) is 0 Å². The maximum absolute atomic E-state index is 5.59. The predicted molar refractivity (Wildman–Crippen MR) is 123 cm³/mol. The highest BCUT2D eigenvalue weighted by molar-refractivity contribution is 5.81. The lowest BCUT2D eigenvalue weighted by molar-refractivity contribution is 0.0653. The van der Waals surface area contributed by atoms with Crippen molar-refractivity contribution in [3.05, 3.63) is 42.0 Å². The van der Waals surface area contributed by atoms with E-state index in [1.165, 1.54) is 5.69 Å². The maximum Gasteiger partial charge on any atom is 0.243 e. The first kappa shape index (κ1) is 21.7. The standard InChI is InChI=1S/C24H33N5O2/c1-16-12-19(10-11-25-16)21-13-22(18-6-8-20(31-5)9-7-18)29-23(21)14-26-24(27-29)28(3)17(2)15-30-4/h10-14,17-18,20H,6-9,15H2,1-5H3/t17-,18-,20-/m0/s1. The Morgan fingerprint density at radius 1 is 1.16 bits per heavy atom. The van der Waals surface area contributed by atoms with E-state index in [1.807, 2.05) is 33.5 Å². The molecule has 3 aromatic rings. The lowest BCUT2D eigenvalue weighted by atomic mass is 9.85. The molecule has 0 spiro atoms. The van der Waals surface area contributed by atoms with Gasteiger partial charge >= 0.3 is 0 Å². The Hall–Kier alpha value is -2.51. The third-order valence-electron chi connectivity index (χ3n) is 6.55. The van der Waals surface area contributed by atoms with Gasteiger partial charge in [-0.1, -0.05) is 0 Å². The molecule has 0 bridgehead atoms. The highest BCUT2D eigenvalue weighted by Gasteiger charge is 2.27. The van der Waals surface area contributed by atoms with Gasteiger partial charge in [0.2, 0.25) is 5.95 Å². The van der Waals surface area contributed by atoms with E-state index < -0.39 is 0 Å². The van der Waals surface area contributed by atoms with Crippen LogP contribution in [0.2, 0.25) is 0 Å². The highest BCUT2D eigenvalue weighted by Crippen LogP contribution is 2.38. The van der Waals surface area contributed by atoms with Gasteiger partial charge in [-0.2, -0.15) is 0 Å². The van der Waals surface area contributed by atoms with Crippen molar-refractivity contribution in [2.24, 2.45) is 0 Å². The van der Waals surface area contributed by atoms with Crippen LogP contribution < -0.4 is 4.90 Å². The zero-order valence-electron chi connectivity index (χ0n) is 19.2. The molecule has 7 nitrogen and oxygen atoms in total. The highest BCUT2D eigenvalue weighted by atomic mass is 16.5. The van der Waals surface area contributed by atoms with Crippen molar-refractivity contribution in [3.63, 3.8) is 0 Å². The summed E-state index contributed by atoms with van der Waals surface area (Å²) in [6.45, 7) is 4.76. The number of fused-ring (bicyclic) bond motifs is 1. The summed E-state index contributed by atoms with van der Waals surface area (Å²) < 4.78 is 13.0. The Labute approximate surface area is 184 Å². The number of rotatable bonds is 7. The molecule has 0 N–H and O–H groups in total. The molecule has 4 rings (SSSR count). The molecule has 166 valence electrons. The number of hydrogen-bond donors (Lipinski definition) is 0. The molecule has 1 fully saturated rings. The molecule has 1 atom stereocenters. The van der Waals surface area contributed by atoms with Crippen molar-refractivity contribution in [1.29, 1.82) is 0 Å². The van der Waals surface area contributed by atoms with Gasteiger partial charge in [0.05, 0.1) is 30.5 Å². The van der Waals surface area contributed by atoms with E-state index in [2.05, 4.69) is 39.5 Å². The molecular weight excluding hydrogens is 390 g/mol. The molecule has 1 aliphatic rings. The Bertz CT molecular complexity index is 1030. The number of ether oxygens (including phenoxy) is 2. The monoisotopic (exact) mass is 423 g/mol. The minimum Gasteiger partial charge on any atom is -0.383 e. The minimum atomic E-state index is 0.181. The predicted octanol–water partition coefficient (Wildman–Crippen LogP) is 4.24. The van der Waals surface area contributed by atoms with Crippen molar-refractivity contribution >= 4 is 11.5 Å². The molecule has 0 unspecified atom stereocenters. The van der Waals surface area contributed by atoms with Crippen LogP contribution in [0.4, 0.5) is 5.95 Å². The van der Waals surface area contributed by atoms with Gasteiger partial charge in [-0.05, 0) is 63.3 Å². The molecule has 0 aliphatic heterocycles. The first-order valence-electron chi connectivity index (χ1n) is 11.1. The first-order valence-corrected chi connectivity index (χ1v) is 11.1. The lowest BCUT2D eigenvalue weighted by Gasteiger charge is -2.28. The molecular formula is C24H33N5O2. The molecule has 0 saturated heterocycles. The summed E-state index contributed by atoms with van der Waals surface area (Å²) in [6.07, 6.45) is 8.57. The van der Waals surface area contributed by atoms with E-state index in [9.17, 15) is 0 Å². The van der Waals surface area contributed by atoms with Gasteiger partial charge in [-0.25, -0.2) is 9.50 Å². The van der Waals surface area contributed by atoms with Crippen molar-refractivity contribution in [3.8, 4) is 11.1 Å². The van der Waals surface area contributed by atoms with Gasteiger partial charge in [0, 0.05) is 50.3 Å². The molecule has 31 heavy (non-hydrogen) atoms. The van der Waals surface area contributed by atoms with Gasteiger partial charge in [0.25, 0.3) is 0 Å². The first-order chi connectivity index (χ1) is 15.0. The largest absolute Gasteiger partial charge is 0.383 e. The summed E-state index contributed by atoms with van der Waals surface area (Å²) in [6, 6.07) is 6.68. The number of anilines is 1. The Morgan fingerprint density at radius 2 is 1.94 bits per heavy atom. The fraction of sp³-hybridized carbons (Fsp3) is 0.542. The van der Waals surface area contributed by atoms with Crippen LogP contribution in [0.1, 0.15) is 49.9 Å². The van der Waals surface area contributed by atoms with Crippen molar-refractivity contribution in [2.45, 2.75) is 57.6 Å². The van der Waals surface area contributed by atoms with Gasteiger partial charge in [0.1, 0.15) is 0 Å². The normalized spacial score (nSPS) is 20.2. The maximum atomic E-state index is 5.59. The molecule has 0 aromatic carbocycles. The van der Waals surface area contributed by atoms with Crippen LogP contribution >= 0.6 is 0 Å². The average molecular weight is 424 g/mol. The SMILES string of the molecule is COC[C@H](C)N(C)c1ncc2c(-c3ccnc(C)c3)cc([C@H]3CC[C@H](OC)CC3)n2n1. The zero-order valence-corrected chi connectivity index (χ0v) is 19.2. The van der Waals surface area contributed by atoms with Crippen LogP contribution in [0, 0.1) is 6.92 Å². The second kappa shape index (κ2) is 9.32. The van der Waals surface area contributed by atoms with Crippen LogP contribution in [0.25, 0.3) is 16.6 Å². The molecule has 0 radical (unpaired) electrons. The van der Waals surface area contributed by atoms with Crippen LogP contribution in [0.5, 0.6) is 0 Å². The summed E-state index contributed by atoms with van der Waals surface area (Å²) >= 11 is 0. The molecule has 3 aromatic heterocycles. The third kappa shape index (κ3) is 4.43. The molecule has 1 aliphatic carbocycles. The number of nitrogens with zero attached hydrogens (tertiary/aromatic N) is 5. The van der Waals surface area contributed by atoms with Crippen LogP contribution in [-0.4, -0.2) is 59.6 Å². The molecule has 3 heterocycles. The third-order valence-corrected chi connectivity index (χ3v) is 6.55. The van der Waals surface area contributed by atoms with Crippen LogP contribution in [0.3, 0.4) is 0 Å². The summed E-state index contributed by atoms with van der Waals surface area (Å²) in [5.74, 6) is 1.16. The van der Waals surface area contributed by atoms with Crippen molar-refractivity contribution < 1.29 is 9.47 Å². The van der Waals surface area contributed by atoms with Crippen molar-refractivity contribution in [2.75, 3.05) is 32.8 Å². The lowest BCUT2D eigenvalue weighted by Crippen LogP contribution is -2.34. The number of hydrogen-bond acceptors (Lipinski definition) is 6. The number of aromatic nitrogens is 4. The van der Waals surface area contributed by atoms with Gasteiger partial charge in [-0.15, -0.1) is 5.10 Å². The number of aryl methyl sites for hydroxylation is 1. The summed E-state index contributed by atoms with van der Waals surface area (Å²) in [4.78, 5) is 11.1. The topological polar surface area (TPSA) is 64.8 Å².